The lowest BCUT2D eigenvalue weighted by atomic mass is 9.79. The Kier molecular flexibility index (Phi) is 7.20. The van der Waals surface area contributed by atoms with Gasteiger partial charge in [-0.05, 0) is 58.4 Å². The molecular formula is C34H38O4. The maximum atomic E-state index is 11.7. The average molecular weight is 511 g/mol. The van der Waals surface area contributed by atoms with Crippen LogP contribution in [0.25, 0.3) is 33.4 Å². The molecule has 38 heavy (non-hydrogen) atoms. The number of para-hydroxylation sites is 2. The van der Waals surface area contributed by atoms with E-state index in [0.717, 1.165) is 44.9 Å². The second kappa shape index (κ2) is 10.1. The molecule has 4 aromatic rings. The lowest BCUT2D eigenvalue weighted by molar-refractivity contribution is 0.416. The molecule has 0 heterocycles. The highest BCUT2D eigenvalue weighted by molar-refractivity contribution is 5.88. The third kappa shape index (κ3) is 5.08. The normalized spacial score (nSPS) is 11.9. The summed E-state index contributed by atoms with van der Waals surface area (Å²) >= 11 is 0. The van der Waals surface area contributed by atoms with E-state index in [4.69, 9.17) is 9.47 Å². The van der Waals surface area contributed by atoms with Gasteiger partial charge in [0.25, 0.3) is 0 Å². The third-order valence-electron chi connectivity index (χ3n) is 6.96. The predicted molar refractivity (Wildman–Crippen MR) is 157 cm³/mol. The van der Waals surface area contributed by atoms with Crippen LogP contribution in [-0.2, 0) is 10.8 Å². The molecule has 0 amide bonds. The van der Waals surface area contributed by atoms with Crippen molar-refractivity contribution in [3.63, 3.8) is 0 Å². The van der Waals surface area contributed by atoms with Gasteiger partial charge in [-0.25, -0.2) is 0 Å². The molecular weight excluding hydrogens is 472 g/mol. The molecule has 4 heteroatoms. The Morgan fingerprint density at radius 2 is 0.842 bits per heavy atom. The predicted octanol–water partition coefficient (Wildman–Crippen LogP) is 8.71. The zero-order valence-electron chi connectivity index (χ0n) is 23.6. The Morgan fingerprint density at radius 3 is 1.16 bits per heavy atom. The minimum absolute atomic E-state index is 0.156. The van der Waals surface area contributed by atoms with Crippen LogP contribution in [0.15, 0.2) is 72.8 Å². The third-order valence-corrected chi connectivity index (χ3v) is 6.96. The number of ether oxygens (including phenoxy) is 2. The summed E-state index contributed by atoms with van der Waals surface area (Å²) in [6.45, 7) is 12.4. The number of methoxy groups -OCH3 is 2. The van der Waals surface area contributed by atoms with Gasteiger partial charge in [-0.3, -0.25) is 0 Å². The van der Waals surface area contributed by atoms with Crippen molar-refractivity contribution in [2.24, 2.45) is 0 Å². The first-order chi connectivity index (χ1) is 17.9. The first kappa shape index (κ1) is 27.1. The molecule has 0 saturated heterocycles. The van der Waals surface area contributed by atoms with Gasteiger partial charge in [-0.1, -0.05) is 77.9 Å². The lowest BCUT2D eigenvalue weighted by Gasteiger charge is -2.27. The molecule has 0 fully saturated rings. The van der Waals surface area contributed by atoms with Crippen molar-refractivity contribution in [3.8, 4) is 56.4 Å². The number of rotatable bonds is 5. The molecule has 2 N–H and O–H groups in total. The van der Waals surface area contributed by atoms with Gasteiger partial charge in [0, 0.05) is 33.4 Å². The molecule has 0 atom stereocenters. The maximum absolute atomic E-state index is 11.7. The second-order valence-electron chi connectivity index (χ2n) is 11.7. The van der Waals surface area contributed by atoms with Crippen LogP contribution in [0.3, 0.4) is 0 Å². The van der Waals surface area contributed by atoms with Crippen LogP contribution in [0.1, 0.15) is 52.7 Å². The van der Waals surface area contributed by atoms with Gasteiger partial charge >= 0.3 is 0 Å². The molecule has 198 valence electrons. The van der Waals surface area contributed by atoms with Crippen LogP contribution in [-0.4, -0.2) is 24.4 Å². The van der Waals surface area contributed by atoms with Crippen LogP contribution in [0, 0.1) is 0 Å². The molecule has 0 aromatic heterocycles. The van der Waals surface area contributed by atoms with Gasteiger partial charge in [0.1, 0.15) is 23.0 Å². The summed E-state index contributed by atoms with van der Waals surface area (Å²) in [7, 11) is 3.31. The van der Waals surface area contributed by atoms with Crippen molar-refractivity contribution in [1.82, 2.24) is 0 Å². The molecule has 0 aliphatic heterocycles. The van der Waals surface area contributed by atoms with Crippen LogP contribution in [0.2, 0.25) is 0 Å². The Hall–Kier alpha value is -3.92. The van der Waals surface area contributed by atoms with Crippen molar-refractivity contribution >= 4 is 0 Å². The fourth-order valence-electron chi connectivity index (χ4n) is 4.90. The van der Waals surface area contributed by atoms with Gasteiger partial charge in [0.15, 0.2) is 0 Å². The topological polar surface area (TPSA) is 58.9 Å². The number of aromatic hydroxyl groups is 2. The molecule has 0 radical (unpaired) electrons. The quantitative estimate of drug-likeness (QED) is 0.282. The lowest BCUT2D eigenvalue weighted by Crippen LogP contribution is -2.13. The molecule has 0 bridgehead atoms. The van der Waals surface area contributed by atoms with E-state index in [2.05, 4.69) is 41.5 Å². The Balaban J connectivity index is 2.11. The van der Waals surface area contributed by atoms with E-state index in [1.165, 1.54) is 0 Å². The van der Waals surface area contributed by atoms with Gasteiger partial charge in [0.05, 0.1) is 14.2 Å². The van der Waals surface area contributed by atoms with Crippen molar-refractivity contribution < 1.29 is 19.7 Å². The largest absolute Gasteiger partial charge is 0.507 e. The minimum atomic E-state index is -0.348. The highest BCUT2D eigenvalue weighted by Gasteiger charge is 2.28. The van der Waals surface area contributed by atoms with Gasteiger partial charge < -0.3 is 19.7 Å². The summed E-state index contributed by atoms with van der Waals surface area (Å²) in [6.07, 6.45) is 0. The van der Waals surface area contributed by atoms with E-state index < -0.39 is 0 Å². The van der Waals surface area contributed by atoms with E-state index >= 15 is 0 Å². The SMILES string of the molecule is COc1ccccc1-c1cc(-c2cc(-c3ccccc3OC)cc(C(C)(C)C)c2O)c(O)c(C(C)(C)C)c1. The van der Waals surface area contributed by atoms with Crippen LogP contribution >= 0.6 is 0 Å². The molecule has 0 aliphatic rings. The van der Waals surface area contributed by atoms with E-state index in [1.807, 2.05) is 72.8 Å². The van der Waals surface area contributed by atoms with Crippen molar-refractivity contribution in [1.29, 1.82) is 0 Å². The van der Waals surface area contributed by atoms with Crippen LogP contribution in [0.5, 0.6) is 23.0 Å². The zero-order valence-corrected chi connectivity index (χ0v) is 23.6. The van der Waals surface area contributed by atoms with E-state index in [0.29, 0.717) is 11.1 Å². The standard InChI is InChI=1S/C34H38O4/c1-33(2,3)27-19-21(23-13-9-11-15-29(23)37-7)17-25(31(27)35)26-18-22(20-28(32(26)36)34(4,5)6)24-14-10-12-16-30(24)38-8/h9-20,35-36H,1-8H3. The summed E-state index contributed by atoms with van der Waals surface area (Å²) < 4.78 is 11.3. The molecule has 0 spiro atoms. The first-order valence-electron chi connectivity index (χ1n) is 12.9. The van der Waals surface area contributed by atoms with Crippen molar-refractivity contribution in [3.05, 3.63) is 83.9 Å². The minimum Gasteiger partial charge on any atom is -0.507 e. The fraction of sp³-hybridized carbons (Fsp3) is 0.294. The maximum Gasteiger partial charge on any atom is 0.127 e. The van der Waals surface area contributed by atoms with Crippen LogP contribution < -0.4 is 9.47 Å². The monoisotopic (exact) mass is 510 g/mol. The second-order valence-corrected chi connectivity index (χ2v) is 11.7. The highest BCUT2D eigenvalue weighted by atomic mass is 16.5. The number of benzene rings is 4. The van der Waals surface area contributed by atoms with Crippen molar-refractivity contribution in [2.45, 2.75) is 52.4 Å². The van der Waals surface area contributed by atoms with E-state index in [-0.39, 0.29) is 22.3 Å². The number of phenols is 2. The molecule has 4 nitrogen and oxygen atoms in total. The van der Waals surface area contributed by atoms with Gasteiger partial charge in [-0.15, -0.1) is 0 Å². The fourth-order valence-corrected chi connectivity index (χ4v) is 4.90. The van der Waals surface area contributed by atoms with Gasteiger partial charge in [-0.2, -0.15) is 0 Å². The number of hydrogen-bond acceptors (Lipinski definition) is 4. The van der Waals surface area contributed by atoms with Crippen LogP contribution in [0.4, 0.5) is 0 Å². The average Bonchev–Trinajstić information content (AvgIpc) is 2.87. The molecule has 0 saturated carbocycles. The van der Waals surface area contributed by atoms with E-state index in [9.17, 15) is 10.2 Å². The number of hydrogen-bond donors (Lipinski definition) is 2. The first-order valence-corrected chi connectivity index (χ1v) is 12.9. The Bertz CT molecular complexity index is 1360. The number of phenolic OH excluding ortho intramolecular Hbond substituents is 2. The Labute approximate surface area is 226 Å². The van der Waals surface area contributed by atoms with E-state index in [1.54, 1.807) is 14.2 Å². The zero-order chi connectivity index (χ0) is 27.8. The molecule has 4 rings (SSSR count). The van der Waals surface area contributed by atoms with Gasteiger partial charge in [0.2, 0.25) is 0 Å². The molecule has 0 aliphatic carbocycles. The molecule has 4 aromatic carbocycles. The smallest absolute Gasteiger partial charge is 0.127 e. The summed E-state index contributed by atoms with van der Waals surface area (Å²) in [5.41, 5.74) is 5.65. The highest BCUT2D eigenvalue weighted by Crippen LogP contribution is 2.49. The summed E-state index contributed by atoms with van der Waals surface area (Å²) in [5, 5.41) is 23.4. The Morgan fingerprint density at radius 1 is 0.500 bits per heavy atom. The summed E-state index contributed by atoms with van der Waals surface area (Å²) in [6, 6.07) is 23.6. The molecule has 0 unspecified atom stereocenters. The van der Waals surface area contributed by atoms with Crippen molar-refractivity contribution in [2.75, 3.05) is 14.2 Å². The summed E-state index contributed by atoms with van der Waals surface area (Å²) in [4.78, 5) is 0. The summed E-state index contributed by atoms with van der Waals surface area (Å²) in [5.74, 6) is 1.80.